The van der Waals surface area contributed by atoms with Crippen LogP contribution in [0.2, 0.25) is 0 Å². The van der Waals surface area contributed by atoms with Gasteiger partial charge in [-0.1, -0.05) is 5.16 Å². The number of aryl methyl sites for hydroxylation is 1. The maximum atomic E-state index is 12.0. The molecule has 3 heterocycles. The summed E-state index contributed by atoms with van der Waals surface area (Å²) in [5.74, 6) is 0.826. The number of anilines is 1. The average molecular weight is 304 g/mol. The SMILES string of the molecule is Cc1cc(NC(=O)CN2CCC[C@H](Cn3cncn3)C2)on1. The first-order valence-corrected chi connectivity index (χ1v) is 7.47. The first-order valence-electron chi connectivity index (χ1n) is 7.47. The highest BCUT2D eigenvalue weighted by atomic mass is 16.5. The Morgan fingerprint density at radius 2 is 2.45 bits per heavy atom. The Hall–Kier alpha value is -2.22. The fourth-order valence-corrected chi connectivity index (χ4v) is 2.84. The van der Waals surface area contributed by atoms with Gasteiger partial charge in [-0.25, -0.2) is 4.98 Å². The van der Waals surface area contributed by atoms with Gasteiger partial charge in [-0.3, -0.25) is 19.7 Å². The number of amides is 1. The van der Waals surface area contributed by atoms with Crippen LogP contribution in [0.3, 0.4) is 0 Å². The van der Waals surface area contributed by atoms with Gasteiger partial charge in [0.2, 0.25) is 11.8 Å². The number of rotatable bonds is 5. The fraction of sp³-hybridized carbons (Fsp3) is 0.571. The third-order valence-electron chi connectivity index (χ3n) is 3.77. The van der Waals surface area contributed by atoms with Crippen molar-refractivity contribution in [2.75, 3.05) is 25.0 Å². The molecule has 0 radical (unpaired) electrons. The third-order valence-corrected chi connectivity index (χ3v) is 3.77. The molecule has 8 heteroatoms. The minimum absolute atomic E-state index is 0.0717. The topological polar surface area (TPSA) is 89.1 Å². The summed E-state index contributed by atoms with van der Waals surface area (Å²) in [5.41, 5.74) is 0.751. The van der Waals surface area contributed by atoms with E-state index in [1.54, 1.807) is 18.7 Å². The van der Waals surface area contributed by atoms with E-state index in [4.69, 9.17) is 4.52 Å². The number of carbonyl (C=O) groups is 1. The van der Waals surface area contributed by atoms with Gasteiger partial charge in [-0.2, -0.15) is 5.10 Å². The minimum Gasteiger partial charge on any atom is -0.338 e. The maximum Gasteiger partial charge on any atom is 0.240 e. The Bertz CT molecular complexity index is 609. The lowest BCUT2D eigenvalue weighted by Gasteiger charge is -2.31. The summed E-state index contributed by atoms with van der Waals surface area (Å²) in [5, 5.41) is 10.6. The molecule has 1 saturated heterocycles. The number of nitrogens with one attached hydrogen (secondary N) is 1. The van der Waals surface area contributed by atoms with Crippen LogP contribution in [0.4, 0.5) is 5.88 Å². The van der Waals surface area contributed by atoms with E-state index in [1.165, 1.54) is 0 Å². The molecule has 1 amide bonds. The van der Waals surface area contributed by atoms with Crippen LogP contribution in [0.15, 0.2) is 23.2 Å². The van der Waals surface area contributed by atoms with Gasteiger partial charge in [-0.05, 0) is 32.2 Å². The number of carbonyl (C=O) groups excluding carboxylic acids is 1. The van der Waals surface area contributed by atoms with Crippen LogP contribution >= 0.6 is 0 Å². The summed E-state index contributed by atoms with van der Waals surface area (Å²) in [7, 11) is 0. The molecule has 0 saturated carbocycles. The standard InChI is InChI=1S/C14H20N6O2/c1-11-5-14(22-18-11)17-13(21)8-19-4-2-3-12(6-19)7-20-10-15-9-16-20/h5,9-10,12H,2-4,6-8H2,1H3,(H,17,21)/t12-/m0/s1. The number of nitrogens with zero attached hydrogens (tertiary/aromatic N) is 5. The summed E-state index contributed by atoms with van der Waals surface area (Å²) in [6, 6.07) is 1.71. The van der Waals surface area contributed by atoms with Crippen LogP contribution in [-0.2, 0) is 11.3 Å². The van der Waals surface area contributed by atoms with Gasteiger partial charge in [0.15, 0.2) is 0 Å². The van der Waals surface area contributed by atoms with Crippen molar-refractivity contribution in [3.63, 3.8) is 0 Å². The molecule has 1 fully saturated rings. The van der Waals surface area contributed by atoms with Crippen molar-refractivity contribution in [1.29, 1.82) is 0 Å². The van der Waals surface area contributed by atoms with Crippen LogP contribution in [0, 0.1) is 12.8 Å². The van der Waals surface area contributed by atoms with E-state index in [2.05, 4.69) is 25.5 Å². The Labute approximate surface area is 128 Å². The lowest BCUT2D eigenvalue weighted by atomic mass is 9.98. The zero-order valence-corrected chi connectivity index (χ0v) is 12.6. The predicted molar refractivity (Wildman–Crippen MR) is 79.1 cm³/mol. The zero-order chi connectivity index (χ0) is 15.4. The number of hydrogen-bond acceptors (Lipinski definition) is 6. The van der Waals surface area contributed by atoms with E-state index in [-0.39, 0.29) is 5.91 Å². The number of hydrogen-bond donors (Lipinski definition) is 1. The quantitative estimate of drug-likeness (QED) is 0.883. The summed E-state index contributed by atoms with van der Waals surface area (Å²) in [6.45, 7) is 4.87. The van der Waals surface area contributed by atoms with Crippen LogP contribution < -0.4 is 5.32 Å². The van der Waals surface area contributed by atoms with Crippen molar-refractivity contribution in [3.8, 4) is 0 Å². The molecule has 2 aromatic rings. The molecule has 0 spiro atoms. The first kappa shape index (κ1) is 14.7. The Kier molecular flexibility index (Phi) is 4.47. The Balaban J connectivity index is 1.48. The van der Waals surface area contributed by atoms with Gasteiger partial charge in [0.25, 0.3) is 0 Å². The van der Waals surface area contributed by atoms with Gasteiger partial charge in [0.1, 0.15) is 12.7 Å². The molecular formula is C14H20N6O2. The first-order chi connectivity index (χ1) is 10.7. The lowest BCUT2D eigenvalue weighted by molar-refractivity contribution is -0.117. The third kappa shape index (κ3) is 3.91. The number of likely N-dealkylation sites (tertiary alicyclic amines) is 1. The zero-order valence-electron chi connectivity index (χ0n) is 12.6. The fourth-order valence-electron chi connectivity index (χ4n) is 2.84. The van der Waals surface area contributed by atoms with E-state index in [0.29, 0.717) is 18.3 Å². The molecule has 1 aliphatic heterocycles. The molecule has 1 aliphatic rings. The van der Waals surface area contributed by atoms with Crippen LogP contribution in [0.1, 0.15) is 18.5 Å². The summed E-state index contributed by atoms with van der Waals surface area (Å²) < 4.78 is 6.85. The van der Waals surface area contributed by atoms with Crippen molar-refractivity contribution in [2.24, 2.45) is 5.92 Å². The Morgan fingerprint density at radius 1 is 1.55 bits per heavy atom. The van der Waals surface area contributed by atoms with Crippen LogP contribution in [-0.4, -0.2) is 50.4 Å². The highest BCUT2D eigenvalue weighted by Gasteiger charge is 2.22. The molecule has 0 unspecified atom stereocenters. The van der Waals surface area contributed by atoms with Gasteiger partial charge < -0.3 is 4.52 Å². The molecule has 1 atom stereocenters. The van der Waals surface area contributed by atoms with Crippen molar-refractivity contribution < 1.29 is 9.32 Å². The second-order valence-electron chi connectivity index (χ2n) is 5.74. The molecule has 0 aromatic carbocycles. The molecular weight excluding hydrogens is 284 g/mol. The largest absolute Gasteiger partial charge is 0.338 e. The van der Waals surface area contributed by atoms with Crippen molar-refractivity contribution in [3.05, 3.63) is 24.4 Å². The Morgan fingerprint density at radius 3 is 3.18 bits per heavy atom. The molecule has 1 N–H and O–H groups in total. The molecule has 8 nitrogen and oxygen atoms in total. The van der Waals surface area contributed by atoms with E-state index >= 15 is 0 Å². The smallest absolute Gasteiger partial charge is 0.240 e. The second kappa shape index (κ2) is 6.69. The van der Waals surface area contributed by atoms with E-state index < -0.39 is 0 Å². The molecule has 22 heavy (non-hydrogen) atoms. The summed E-state index contributed by atoms with van der Waals surface area (Å²) in [4.78, 5) is 18.2. The molecule has 2 aromatic heterocycles. The highest BCUT2D eigenvalue weighted by Crippen LogP contribution is 2.18. The van der Waals surface area contributed by atoms with Crippen molar-refractivity contribution in [1.82, 2.24) is 24.8 Å². The van der Waals surface area contributed by atoms with Crippen molar-refractivity contribution in [2.45, 2.75) is 26.3 Å². The summed E-state index contributed by atoms with van der Waals surface area (Å²) in [6.07, 6.45) is 5.53. The average Bonchev–Trinajstić information content (AvgIpc) is 3.11. The van der Waals surface area contributed by atoms with Gasteiger partial charge in [0.05, 0.1) is 12.2 Å². The van der Waals surface area contributed by atoms with E-state index in [0.717, 1.165) is 38.2 Å². The normalized spacial score (nSPS) is 19.2. The van der Waals surface area contributed by atoms with Gasteiger partial charge in [0, 0.05) is 19.2 Å². The number of aromatic nitrogens is 4. The lowest BCUT2D eigenvalue weighted by Crippen LogP contribution is -2.41. The van der Waals surface area contributed by atoms with E-state index in [1.807, 2.05) is 11.6 Å². The molecule has 0 aliphatic carbocycles. The molecule has 118 valence electrons. The predicted octanol–water partition coefficient (Wildman–Crippen LogP) is 0.925. The number of piperidine rings is 1. The van der Waals surface area contributed by atoms with Gasteiger partial charge >= 0.3 is 0 Å². The van der Waals surface area contributed by atoms with Gasteiger partial charge in [-0.15, -0.1) is 0 Å². The monoisotopic (exact) mass is 304 g/mol. The molecule has 0 bridgehead atoms. The minimum atomic E-state index is -0.0717. The maximum absolute atomic E-state index is 12.0. The van der Waals surface area contributed by atoms with E-state index in [9.17, 15) is 4.79 Å². The highest BCUT2D eigenvalue weighted by molar-refractivity contribution is 5.90. The second-order valence-corrected chi connectivity index (χ2v) is 5.74. The van der Waals surface area contributed by atoms with Crippen LogP contribution in [0.25, 0.3) is 0 Å². The summed E-state index contributed by atoms with van der Waals surface area (Å²) >= 11 is 0. The van der Waals surface area contributed by atoms with Crippen molar-refractivity contribution >= 4 is 11.8 Å². The van der Waals surface area contributed by atoms with Crippen LogP contribution in [0.5, 0.6) is 0 Å². The molecule has 3 rings (SSSR count).